The van der Waals surface area contributed by atoms with Gasteiger partial charge in [0.25, 0.3) is 0 Å². The van der Waals surface area contributed by atoms with E-state index in [4.69, 9.17) is 0 Å². The molecule has 1 N–H and O–H groups in total. The maximum atomic E-state index is 10.4. The molecular weight excluding hydrogens is 276 g/mol. The molecule has 0 radical (unpaired) electrons. The number of hydrogen-bond acceptors (Lipinski definition) is 4. The van der Waals surface area contributed by atoms with E-state index in [-0.39, 0.29) is 11.8 Å². The summed E-state index contributed by atoms with van der Waals surface area (Å²) in [5, 5.41) is 24.3. The molecule has 1 aliphatic heterocycles. The summed E-state index contributed by atoms with van der Waals surface area (Å²) in [7, 11) is 0. The van der Waals surface area contributed by atoms with Crippen LogP contribution in [0.2, 0.25) is 0 Å². The number of nitriles is 1. The summed E-state index contributed by atoms with van der Waals surface area (Å²) in [6, 6.07) is 2.17. The topological polar surface area (TPSA) is 74.7 Å². The smallest absolute Gasteiger partial charge is 0.228 e. The number of fused-ring (bicyclic) bond motifs is 1. The van der Waals surface area contributed by atoms with Crippen LogP contribution in [0, 0.1) is 17.2 Å². The molecule has 2 atom stereocenters. The Labute approximate surface area is 132 Å². The van der Waals surface area contributed by atoms with Crippen LogP contribution in [-0.4, -0.2) is 19.9 Å². The quantitative estimate of drug-likeness (QED) is 0.819. The number of hydrogen-bond donors (Lipinski definition) is 1. The molecule has 2 heterocycles. The van der Waals surface area contributed by atoms with Gasteiger partial charge in [-0.25, -0.2) is 4.98 Å². The number of aromatic nitrogens is 3. The van der Waals surface area contributed by atoms with Crippen molar-refractivity contribution in [3.8, 4) is 6.07 Å². The second-order valence-corrected chi connectivity index (χ2v) is 6.08. The first-order valence-electron chi connectivity index (χ1n) is 8.45. The first-order chi connectivity index (χ1) is 10.7. The van der Waals surface area contributed by atoms with Gasteiger partial charge in [-0.05, 0) is 19.3 Å². The average molecular weight is 302 g/mol. The molecule has 0 bridgehead atoms. The fourth-order valence-corrected chi connectivity index (χ4v) is 3.16. The minimum Gasteiger partial charge on any atom is -0.492 e. The molecule has 1 aromatic rings. The molecule has 0 spiro atoms. The summed E-state index contributed by atoms with van der Waals surface area (Å²) in [5.74, 6) is 1.98. The molecule has 5 heteroatoms. The van der Waals surface area contributed by atoms with Crippen molar-refractivity contribution in [3.63, 3.8) is 0 Å². The van der Waals surface area contributed by atoms with Crippen LogP contribution >= 0.6 is 0 Å². The summed E-state index contributed by atoms with van der Waals surface area (Å²) in [6.07, 6.45) is 6.88. The molecule has 0 saturated carbocycles. The summed E-state index contributed by atoms with van der Waals surface area (Å²) < 4.78 is 1.48. The number of unbranched alkanes of at least 4 members (excludes halogenated alkanes) is 1. The second-order valence-electron chi connectivity index (χ2n) is 6.08. The Morgan fingerprint density at radius 1 is 1.36 bits per heavy atom. The zero-order valence-electron chi connectivity index (χ0n) is 13.8. The molecule has 2 rings (SSSR count). The average Bonchev–Trinajstić information content (AvgIpc) is 2.94. The monoisotopic (exact) mass is 302 g/mol. The van der Waals surface area contributed by atoms with Gasteiger partial charge in [0.2, 0.25) is 5.88 Å². The highest BCUT2D eigenvalue weighted by atomic mass is 16.3. The van der Waals surface area contributed by atoms with Crippen molar-refractivity contribution in [2.75, 3.05) is 0 Å². The van der Waals surface area contributed by atoms with Crippen LogP contribution in [-0.2, 0) is 6.42 Å². The third-order valence-electron chi connectivity index (χ3n) is 4.49. The highest BCUT2D eigenvalue weighted by molar-refractivity contribution is 5.52. The van der Waals surface area contributed by atoms with E-state index in [2.05, 4.69) is 36.9 Å². The number of aliphatic hydroxyl groups excluding tert-OH is 1. The van der Waals surface area contributed by atoms with E-state index >= 15 is 0 Å². The summed E-state index contributed by atoms with van der Waals surface area (Å²) in [5.41, 5.74) is 0.459. The highest BCUT2D eigenvalue weighted by Gasteiger charge is 2.30. The predicted octanol–water partition coefficient (Wildman–Crippen LogP) is 4.18. The Bertz CT molecular complexity index is 582. The molecule has 5 nitrogen and oxygen atoms in total. The zero-order valence-corrected chi connectivity index (χ0v) is 13.8. The summed E-state index contributed by atoms with van der Waals surface area (Å²) in [6.45, 7) is 6.43. The van der Waals surface area contributed by atoms with Crippen LogP contribution in [0.4, 0.5) is 0 Å². The number of rotatable bonds is 7. The highest BCUT2D eigenvalue weighted by Crippen LogP contribution is 2.32. The van der Waals surface area contributed by atoms with Crippen molar-refractivity contribution in [1.82, 2.24) is 14.8 Å². The fourth-order valence-electron chi connectivity index (χ4n) is 3.16. The van der Waals surface area contributed by atoms with Gasteiger partial charge in [0.05, 0.1) is 5.57 Å². The van der Waals surface area contributed by atoms with Crippen molar-refractivity contribution >= 4 is 5.88 Å². The maximum absolute atomic E-state index is 10.4. The summed E-state index contributed by atoms with van der Waals surface area (Å²) in [4.78, 5) is 4.67. The minimum absolute atomic E-state index is 0.0186. The first-order valence-corrected chi connectivity index (χ1v) is 8.45. The zero-order chi connectivity index (χ0) is 16.1. The SMILES string of the molecule is CCCCC1Cc2nc(C(CC)CCC)nn2C(O)=C1C#N. The fraction of sp³-hybridized carbons (Fsp3) is 0.706. The van der Waals surface area contributed by atoms with Crippen LogP contribution in [0.5, 0.6) is 0 Å². The maximum Gasteiger partial charge on any atom is 0.228 e. The van der Waals surface area contributed by atoms with Crippen molar-refractivity contribution < 1.29 is 5.11 Å². The van der Waals surface area contributed by atoms with Gasteiger partial charge in [0.15, 0.2) is 5.82 Å². The Morgan fingerprint density at radius 2 is 2.14 bits per heavy atom. The molecule has 120 valence electrons. The molecular formula is C17H26N4O. The van der Waals surface area contributed by atoms with Crippen LogP contribution in [0.1, 0.15) is 76.9 Å². The van der Waals surface area contributed by atoms with E-state index < -0.39 is 0 Å². The van der Waals surface area contributed by atoms with E-state index in [1.165, 1.54) is 4.68 Å². The molecule has 2 unspecified atom stereocenters. The van der Waals surface area contributed by atoms with Gasteiger partial charge < -0.3 is 5.11 Å². The van der Waals surface area contributed by atoms with E-state index in [9.17, 15) is 10.4 Å². The van der Waals surface area contributed by atoms with Crippen molar-refractivity contribution in [2.45, 2.75) is 71.6 Å². The standard InChI is InChI=1S/C17H26N4O/c1-4-7-9-13-10-15-19-16(12(6-3)8-5-2)20-21(15)17(22)14(13)11-18/h12-13,22H,4-10H2,1-3H3. The number of aliphatic hydroxyl groups is 1. The van der Waals surface area contributed by atoms with Gasteiger partial charge in [0.1, 0.15) is 11.9 Å². The van der Waals surface area contributed by atoms with E-state index in [1.807, 2.05) is 0 Å². The normalized spacial score (nSPS) is 18.9. The molecule has 22 heavy (non-hydrogen) atoms. The molecule has 0 aliphatic carbocycles. The Morgan fingerprint density at radius 3 is 2.73 bits per heavy atom. The minimum atomic E-state index is -0.0186. The Hall–Kier alpha value is -1.83. The molecule has 1 aromatic heterocycles. The van der Waals surface area contributed by atoms with E-state index in [0.29, 0.717) is 17.9 Å². The molecule has 0 aromatic carbocycles. The van der Waals surface area contributed by atoms with Crippen molar-refractivity contribution in [2.24, 2.45) is 5.92 Å². The lowest BCUT2D eigenvalue weighted by atomic mass is 9.89. The third kappa shape index (κ3) is 3.16. The molecule has 1 aliphatic rings. The van der Waals surface area contributed by atoms with Gasteiger partial charge in [-0.3, -0.25) is 0 Å². The Balaban J connectivity index is 2.33. The van der Waals surface area contributed by atoms with Crippen molar-refractivity contribution in [1.29, 1.82) is 5.26 Å². The lowest BCUT2D eigenvalue weighted by Gasteiger charge is -2.21. The van der Waals surface area contributed by atoms with Crippen LogP contribution in [0.3, 0.4) is 0 Å². The first kappa shape index (κ1) is 16.5. The van der Waals surface area contributed by atoms with Gasteiger partial charge in [-0.2, -0.15) is 9.94 Å². The number of allylic oxidation sites excluding steroid dienone is 1. The van der Waals surface area contributed by atoms with Gasteiger partial charge in [-0.15, -0.1) is 5.10 Å². The molecule has 0 fully saturated rings. The van der Waals surface area contributed by atoms with Crippen LogP contribution < -0.4 is 0 Å². The third-order valence-corrected chi connectivity index (χ3v) is 4.49. The predicted molar refractivity (Wildman–Crippen MR) is 86.1 cm³/mol. The van der Waals surface area contributed by atoms with Crippen molar-refractivity contribution in [3.05, 3.63) is 17.2 Å². The second kappa shape index (κ2) is 7.44. The molecule has 0 saturated heterocycles. The Kier molecular flexibility index (Phi) is 5.59. The summed E-state index contributed by atoms with van der Waals surface area (Å²) >= 11 is 0. The van der Waals surface area contributed by atoms with Gasteiger partial charge >= 0.3 is 0 Å². The van der Waals surface area contributed by atoms with E-state index in [0.717, 1.165) is 50.2 Å². The van der Waals surface area contributed by atoms with Gasteiger partial charge in [-0.1, -0.05) is 40.0 Å². The van der Waals surface area contributed by atoms with E-state index in [1.54, 1.807) is 0 Å². The van der Waals surface area contributed by atoms with Gasteiger partial charge in [0, 0.05) is 18.3 Å². The lowest BCUT2D eigenvalue weighted by molar-refractivity contribution is 0.403. The number of nitrogens with zero attached hydrogens (tertiary/aromatic N) is 4. The molecule has 0 amide bonds. The largest absolute Gasteiger partial charge is 0.492 e. The van der Waals surface area contributed by atoms with Crippen LogP contribution in [0.25, 0.3) is 5.88 Å². The lowest BCUT2D eigenvalue weighted by Crippen LogP contribution is -2.21. The van der Waals surface area contributed by atoms with Crippen LogP contribution in [0.15, 0.2) is 5.57 Å².